The summed E-state index contributed by atoms with van der Waals surface area (Å²) in [6, 6.07) is 14.0. The van der Waals surface area contributed by atoms with Crippen molar-refractivity contribution < 1.29 is 24.2 Å². The van der Waals surface area contributed by atoms with Gasteiger partial charge in [-0.1, -0.05) is 12.1 Å². The van der Waals surface area contributed by atoms with Gasteiger partial charge in [0.2, 0.25) is 0 Å². The first-order chi connectivity index (χ1) is 13.4. The van der Waals surface area contributed by atoms with Crippen molar-refractivity contribution >= 4 is 40.6 Å². The van der Waals surface area contributed by atoms with Gasteiger partial charge in [0.25, 0.3) is 5.91 Å². The summed E-state index contributed by atoms with van der Waals surface area (Å²) in [6.45, 7) is 1.46. The van der Waals surface area contributed by atoms with Crippen molar-refractivity contribution in [3.63, 3.8) is 0 Å². The molecule has 0 aliphatic carbocycles. The van der Waals surface area contributed by atoms with Crippen LogP contribution in [0.5, 0.6) is 11.5 Å². The lowest BCUT2D eigenvalue weighted by atomic mass is 10.2. The molecule has 2 aromatic rings. The Labute approximate surface area is 166 Å². The number of nitrogens with zero attached hydrogens (tertiary/aromatic N) is 1. The predicted molar refractivity (Wildman–Crippen MR) is 108 cm³/mol. The number of rotatable bonds is 6. The Hall–Kier alpha value is -3.26. The van der Waals surface area contributed by atoms with E-state index in [1.165, 1.54) is 18.7 Å². The van der Waals surface area contributed by atoms with Gasteiger partial charge in [0, 0.05) is 0 Å². The number of amides is 1. The number of carboxylic acids is 1. The molecule has 0 spiro atoms. The first-order valence-corrected chi connectivity index (χ1v) is 9.19. The molecule has 1 aliphatic heterocycles. The molecule has 144 valence electrons. The van der Waals surface area contributed by atoms with Crippen LogP contribution in [0.15, 0.2) is 58.4 Å². The second-order valence-electron chi connectivity index (χ2n) is 5.85. The minimum absolute atomic E-state index is 0.225. The molecule has 0 radical (unpaired) electrons. The number of ether oxygens (including phenoxy) is 2. The molecule has 1 heterocycles. The van der Waals surface area contributed by atoms with Crippen molar-refractivity contribution in [2.45, 2.75) is 13.0 Å². The van der Waals surface area contributed by atoms with Crippen LogP contribution in [0.4, 0.5) is 5.69 Å². The van der Waals surface area contributed by atoms with Gasteiger partial charge in [0.05, 0.1) is 17.7 Å². The van der Waals surface area contributed by atoms with Crippen molar-refractivity contribution in [2.24, 2.45) is 4.99 Å². The fourth-order valence-corrected chi connectivity index (χ4v) is 3.14. The molecule has 0 aromatic heterocycles. The largest absolute Gasteiger partial charge is 0.497 e. The highest BCUT2D eigenvalue weighted by atomic mass is 32.2. The molecule has 2 N–H and O–H groups in total. The number of methoxy groups -OCH3 is 1. The van der Waals surface area contributed by atoms with Gasteiger partial charge in [-0.3, -0.25) is 4.79 Å². The third-order valence-electron chi connectivity index (χ3n) is 3.79. The number of nitrogens with one attached hydrogen (secondary N) is 1. The standard InChI is InChI=1S/C20H18N2O5S/c1-12(19(24)25)27-16-7-3-13(4-8-16)11-17-18(23)22-20(28-17)21-14-5-9-15(26-2)10-6-14/h3-12H,1-2H3,(H,24,25)(H,21,22,23)/b17-11+. The van der Waals surface area contributed by atoms with E-state index in [4.69, 9.17) is 14.6 Å². The molecule has 1 saturated heterocycles. The molecule has 1 fully saturated rings. The van der Waals surface area contributed by atoms with E-state index in [1.54, 1.807) is 61.7 Å². The van der Waals surface area contributed by atoms with Crippen LogP contribution in [-0.4, -0.2) is 35.4 Å². The van der Waals surface area contributed by atoms with Crippen LogP contribution in [0.2, 0.25) is 0 Å². The van der Waals surface area contributed by atoms with Crippen LogP contribution in [-0.2, 0) is 9.59 Å². The van der Waals surface area contributed by atoms with E-state index < -0.39 is 12.1 Å². The summed E-state index contributed by atoms with van der Waals surface area (Å²) in [6.07, 6.45) is 0.804. The molecular weight excluding hydrogens is 380 g/mol. The molecule has 28 heavy (non-hydrogen) atoms. The lowest BCUT2D eigenvalue weighted by molar-refractivity contribution is -0.144. The molecule has 1 atom stereocenters. The zero-order chi connectivity index (χ0) is 20.1. The Balaban J connectivity index is 1.69. The van der Waals surface area contributed by atoms with Crippen molar-refractivity contribution in [1.29, 1.82) is 0 Å². The quantitative estimate of drug-likeness (QED) is 0.724. The monoisotopic (exact) mass is 398 g/mol. The van der Waals surface area contributed by atoms with Gasteiger partial charge < -0.3 is 19.9 Å². The number of hydrogen-bond donors (Lipinski definition) is 2. The number of carboxylic acid groups (broad SMARTS) is 1. The Kier molecular flexibility index (Phi) is 6.00. The number of aliphatic imine (C=N–C) groups is 1. The summed E-state index contributed by atoms with van der Waals surface area (Å²) in [7, 11) is 1.59. The van der Waals surface area contributed by atoms with Gasteiger partial charge in [-0.15, -0.1) is 0 Å². The highest BCUT2D eigenvalue weighted by Gasteiger charge is 2.23. The predicted octanol–water partition coefficient (Wildman–Crippen LogP) is 3.44. The molecule has 0 bridgehead atoms. The van der Waals surface area contributed by atoms with Crippen LogP contribution in [0.3, 0.4) is 0 Å². The second kappa shape index (κ2) is 8.62. The van der Waals surface area contributed by atoms with Crippen molar-refractivity contribution in [2.75, 3.05) is 7.11 Å². The maximum Gasteiger partial charge on any atom is 0.344 e. The molecule has 1 aliphatic rings. The van der Waals surface area contributed by atoms with Crippen LogP contribution in [0.1, 0.15) is 12.5 Å². The third kappa shape index (κ3) is 4.92. The molecule has 3 rings (SSSR count). The maximum atomic E-state index is 12.2. The average molecular weight is 398 g/mol. The Bertz CT molecular complexity index is 936. The molecule has 8 heteroatoms. The Morgan fingerprint density at radius 2 is 1.79 bits per heavy atom. The molecule has 0 saturated carbocycles. The fourth-order valence-electron chi connectivity index (χ4n) is 2.30. The van der Waals surface area contributed by atoms with E-state index in [0.717, 1.165) is 11.3 Å². The van der Waals surface area contributed by atoms with Crippen LogP contribution in [0.25, 0.3) is 6.08 Å². The van der Waals surface area contributed by atoms with E-state index in [-0.39, 0.29) is 5.91 Å². The van der Waals surface area contributed by atoms with Gasteiger partial charge in [-0.05, 0) is 66.7 Å². The van der Waals surface area contributed by atoms with Gasteiger partial charge in [-0.25, -0.2) is 9.79 Å². The summed E-state index contributed by atoms with van der Waals surface area (Å²) >= 11 is 1.25. The topological polar surface area (TPSA) is 97.2 Å². The van der Waals surface area contributed by atoms with Crippen LogP contribution in [0, 0.1) is 0 Å². The molecule has 7 nitrogen and oxygen atoms in total. The van der Waals surface area contributed by atoms with E-state index in [0.29, 0.717) is 21.5 Å². The molecule has 1 amide bonds. The first kappa shape index (κ1) is 19.5. The van der Waals surface area contributed by atoms with Gasteiger partial charge in [0.1, 0.15) is 11.5 Å². The molecule has 2 aromatic carbocycles. The molecular formula is C20H18N2O5S. The number of thioether (sulfide) groups is 1. The van der Waals surface area contributed by atoms with E-state index >= 15 is 0 Å². The minimum atomic E-state index is -1.03. The Morgan fingerprint density at radius 3 is 2.39 bits per heavy atom. The Morgan fingerprint density at radius 1 is 1.14 bits per heavy atom. The van der Waals surface area contributed by atoms with E-state index in [9.17, 15) is 9.59 Å². The zero-order valence-corrected chi connectivity index (χ0v) is 16.0. The first-order valence-electron chi connectivity index (χ1n) is 8.38. The lowest BCUT2D eigenvalue weighted by Gasteiger charge is -2.10. The number of carbonyl (C=O) groups is 2. The van der Waals surface area contributed by atoms with Crippen molar-refractivity contribution in [3.05, 3.63) is 59.0 Å². The van der Waals surface area contributed by atoms with E-state index in [2.05, 4.69) is 10.3 Å². The number of aliphatic carboxylic acids is 1. The van der Waals surface area contributed by atoms with Gasteiger partial charge in [-0.2, -0.15) is 0 Å². The second-order valence-corrected chi connectivity index (χ2v) is 6.88. The maximum absolute atomic E-state index is 12.2. The SMILES string of the molecule is COc1ccc(N=C2NC(=O)/C(=C\c3ccc(OC(C)C(=O)O)cc3)S2)cc1. The smallest absolute Gasteiger partial charge is 0.344 e. The fraction of sp³-hybridized carbons (Fsp3) is 0.150. The van der Waals surface area contributed by atoms with Crippen LogP contribution < -0.4 is 14.8 Å². The van der Waals surface area contributed by atoms with Gasteiger partial charge in [0.15, 0.2) is 11.3 Å². The number of hydrogen-bond acceptors (Lipinski definition) is 6. The number of benzene rings is 2. The minimum Gasteiger partial charge on any atom is -0.497 e. The summed E-state index contributed by atoms with van der Waals surface area (Å²) in [5.41, 5.74) is 1.50. The average Bonchev–Trinajstić information content (AvgIpc) is 3.02. The van der Waals surface area contributed by atoms with Crippen LogP contribution >= 0.6 is 11.8 Å². The lowest BCUT2D eigenvalue weighted by Crippen LogP contribution is -2.22. The van der Waals surface area contributed by atoms with Crippen molar-refractivity contribution in [3.8, 4) is 11.5 Å². The summed E-state index contributed by atoms with van der Waals surface area (Å²) in [5.74, 6) is -0.0776. The van der Waals surface area contributed by atoms with Crippen molar-refractivity contribution in [1.82, 2.24) is 5.32 Å². The molecule has 1 unspecified atom stereocenters. The summed E-state index contributed by atoms with van der Waals surface area (Å²) in [4.78, 5) is 27.9. The zero-order valence-electron chi connectivity index (χ0n) is 15.2. The third-order valence-corrected chi connectivity index (χ3v) is 4.70. The normalized spacial score (nSPS) is 17.4. The van der Waals surface area contributed by atoms with E-state index in [1.807, 2.05) is 0 Å². The highest BCUT2D eigenvalue weighted by Crippen LogP contribution is 2.29. The summed E-state index contributed by atoms with van der Waals surface area (Å²) < 4.78 is 10.4. The number of carbonyl (C=O) groups excluding carboxylic acids is 1. The summed E-state index contributed by atoms with van der Waals surface area (Å²) in [5, 5.41) is 12.1. The van der Waals surface area contributed by atoms with Gasteiger partial charge >= 0.3 is 5.97 Å². The highest BCUT2D eigenvalue weighted by molar-refractivity contribution is 8.18. The number of amidine groups is 1.